The average molecular weight is 355 g/mol. The fraction of sp³-hybridized carbons (Fsp3) is 0.500. The Morgan fingerprint density at radius 2 is 1.96 bits per heavy atom. The molecule has 1 N–H and O–H groups in total. The van der Waals surface area contributed by atoms with Crippen LogP contribution >= 0.6 is 0 Å². The third kappa shape index (κ3) is 3.50. The molecular formula is C18H21N5O3. The zero-order valence-corrected chi connectivity index (χ0v) is 14.4. The second-order valence-corrected chi connectivity index (χ2v) is 6.75. The van der Waals surface area contributed by atoms with Crippen LogP contribution in [0.25, 0.3) is 0 Å². The van der Waals surface area contributed by atoms with Crippen molar-refractivity contribution in [2.45, 2.75) is 50.8 Å². The number of hydrogen-bond acceptors (Lipinski definition) is 6. The van der Waals surface area contributed by atoms with Crippen LogP contribution in [0, 0.1) is 0 Å². The van der Waals surface area contributed by atoms with Crippen molar-refractivity contribution in [3.05, 3.63) is 52.0 Å². The van der Waals surface area contributed by atoms with Crippen molar-refractivity contribution in [2.24, 2.45) is 0 Å². The molecule has 0 radical (unpaired) electrons. The van der Waals surface area contributed by atoms with Gasteiger partial charge >= 0.3 is 0 Å². The maximum Gasteiger partial charge on any atom is 0.289 e. The first-order valence-corrected chi connectivity index (χ1v) is 8.98. The van der Waals surface area contributed by atoms with Gasteiger partial charge in [-0.3, -0.25) is 9.59 Å². The predicted molar refractivity (Wildman–Crippen MR) is 92.6 cm³/mol. The summed E-state index contributed by atoms with van der Waals surface area (Å²) in [7, 11) is 0. The van der Waals surface area contributed by atoms with Gasteiger partial charge in [-0.1, -0.05) is 0 Å². The van der Waals surface area contributed by atoms with Crippen LogP contribution in [0.2, 0.25) is 0 Å². The molecule has 0 unspecified atom stereocenters. The second kappa shape index (κ2) is 7.33. The fourth-order valence-electron chi connectivity index (χ4n) is 3.62. The number of amides is 1. The second-order valence-electron chi connectivity index (χ2n) is 6.75. The molecule has 8 nitrogen and oxygen atoms in total. The first-order chi connectivity index (χ1) is 12.7. The lowest BCUT2D eigenvalue weighted by Crippen LogP contribution is -2.40. The van der Waals surface area contributed by atoms with Crippen LogP contribution in [0.3, 0.4) is 0 Å². The summed E-state index contributed by atoms with van der Waals surface area (Å²) in [6.45, 7) is 1.12. The Kier molecular flexibility index (Phi) is 4.75. The minimum Gasteiger partial charge on any atom is -0.376 e. The van der Waals surface area contributed by atoms with Gasteiger partial charge in [0, 0.05) is 36.5 Å². The van der Waals surface area contributed by atoms with Gasteiger partial charge in [-0.05, 0) is 31.7 Å². The van der Waals surface area contributed by atoms with Crippen molar-refractivity contribution in [1.29, 1.82) is 0 Å². The minimum absolute atomic E-state index is 0.0700. The summed E-state index contributed by atoms with van der Waals surface area (Å²) in [6.07, 6.45) is 7.08. The molecule has 1 fully saturated rings. The van der Waals surface area contributed by atoms with E-state index in [0.29, 0.717) is 13.2 Å². The Bertz CT molecular complexity index is 844. The lowest BCUT2D eigenvalue weighted by Gasteiger charge is -2.30. The van der Waals surface area contributed by atoms with E-state index in [1.807, 2.05) is 0 Å². The Balaban J connectivity index is 1.39. The maximum atomic E-state index is 12.4. The molecule has 136 valence electrons. The summed E-state index contributed by atoms with van der Waals surface area (Å²) in [5.74, 6) is -0.0671. The van der Waals surface area contributed by atoms with Crippen molar-refractivity contribution < 1.29 is 9.53 Å². The average Bonchev–Trinajstić information content (AvgIpc) is 2.69. The maximum absolute atomic E-state index is 12.4. The Morgan fingerprint density at radius 1 is 1.19 bits per heavy atom. The molecule has 26 heavy (non-hydrogen) atoms. The van der Waals surface area contributed by atoms with Crippen LogP contribution in [-0.2, 0) is 17.8 Å². The van der Waals surface area contributed by atoms with E-state index < -0.39 is 0 Å². The normalized spacial score (nSPS) is 22.5. The highest BCUT2D eigenvalue weighted by atomic mass is 16.5. The molecule has 8 heteroatoms. The highest BCUT2D eigenvalue weighted by Crippen LogP contribution is 2.27. The number of ether oxygens (including phenoxy) is 1. The van der Waals surface area contributed by atoms with Gasteiger partial charge in [0.2, 0.25) is 5.82 Å². The number of hydrogen-bond donors (Lipinski definition) is 1. The summed E-state index contributed by atoms with van der Waals surface area (Å²) < 4.78 is 7.01. The quantitative estimate of drug-likeness (QED) is 0.882. The Morgan fingerprint density at radius 3 is 2.73 bits per heavy atom. The van der Waals surface area contributed by atoms with Crippen molar-refractivity contribution in [1.82, 2.24) is 25.1 Å². The number of carbonyl (C=O) groups is 1. The van der Waals surface area contributed by atoms with Gasteiger partial charge in [-0.25, -0.2) is 14.6 Å². The SMILES string of the molecule is O=C(NC1CCC(n2nc3c(cc2=O)COCC3)CC1)c1ncccn1. The Labute approximate surface area is 150 Å². The number of aromatic nitrogens is 4. The molecule has 2 aromatic rings. The van der Waals surface area contributed by atoms with E-state index in [9.17, 15) is 9.59 Å². The molecule has 3 heterocycles. The molecule has 1 saturated carbocycles. The van der Waals surface area contributed by atoms with Crippen molar-refractivity contribution in [3.8, 4) is 0 Å². The predicted octanol–water partition coefficient (Wildman–Crippen LogP) is 1.02. The van der Waals surface area contributed by atoms with Crippen LogP contribution in [0.5, 0.6) is 0 Å². The first kappa shape index (κ1) is 16.8. The number of carbonyl (C=O) groups excluding carboxylic acids is 1. The molecule has 4 rings (SSSR count). The smallest absolute Gasteiger partial charge is 0.289 e. The van der Waals surface area contributed by atoms with E-state index >= 15 is 0 Å². The molecular weight excluding hydrogens is 334 g/mol. The monoisotopic (exact) mass is 355 g/mol. The molecule has 0 spiro atoms. The van der Waals surface area contributed by atoms with Gasteiger partial charge in [-0.2, -0.15) is 5.10 Å². The number of nitrogens with one attached hydrogen (secondary N) is 1. The molecule has 1 aliphatic heterocycles. The number of fused-ring (bicyclic) bond motifs is 1. The zero-order valence-electron chi connectivity index (χ0n) is 14.4. The van der Waals surface area contributed by atoms with Crippen molar-refractivity contribution in [2.75, 3.05) is 6.61 Å². The first-order valence-electron chi connectivity index (χ1n) is 8.98. The largest absolute Gasteiger partial charge is 0.376 e. The number of rotatable bonds is 3. The van der Waals surface area contributed by atoms with Crippen LogP contribution in [0.15, 0.2) is 29.3 Å². The van der Waals surface area contributed by atoms with E-state index in [1.54, 1.807) is 29.2 Å². The Hall–Kier alpha value is -2.61. The van der Waals surface area contributed by atoms with E-state index in [0.717, 1.165) is 43.4 Å². The summed E-state index contributed by atoms with van der Waals surface area (Å²) >= 11 is 0. The molecule has 0 aromatic carbocycles. The third-order valence-corrected chi connectivity index (χ3v) is 5.01. The van der Waals surface area contributed by atoms with E-state index in [1.165, 1.54) is 0 Å². The molecule has 1 amide bonds. The van der Waals surface area contributed by atoms with E-state index in [2.05, 4.69) is 20.4 Å². The van der Waals surface area contributed by atoms with Crippen LogP contribution in [0.1, 0.15) is 53.6 Å². The number of nitrogens with zero attached hydrogens (tertiary/aromatic N) is 4. The topological polar surface area (TPSA) is 99.0 Å². The van der Waals surface area contributed by atoms with Crippen molar-refractivity contribution in [3.63, 3.8) is 0 Å². The van der Waals surface area contributed by atoms with Gasteiger partial charge in [0.05, 0.1) is 24.9 Å². The van der Waals surface area contributed by atoms with Crippen LogP contribution < -0.4 is 10.9 Å². The molecule has 2 aromatic heterocycles. The van der Waals surface area contributed by atoms with E-state index in [4.69, 9.17) is 4.74 Å². The lowest BCUT2D eigenvalue weighted by molar-refractivity contribution is 0.0910. The van der Waals surface area contributed by atoms with Gasteiger partial charge < -0.3 is 10.1 Å². The van der Waals surface area contributed by atoms with Gasteiger partial charge in [-0.15, -0.1) is 0 Å². The molecule has 2 aliphatic rings. The van der Waals surface area contributed by atoms with Gasteiger partial charge in [0.25, 0.3) is 11.5 Å². The third-order valence-electron chi connectivity index (χ3n) is 5.01. The highest BCUT2D eigenvalue weighted by molar-refractivity contribution is 5.90. The summed E-state index contributed by atoms with van der Waals surface area (Å²) in [4.78, 5) is 32.5. The summed E-state index contributed by atoms with van der Waals surface area (Å²) in [6, 6.07) is 3.49. The zero-order chi connectivity index (χ0) is 17.9. The molecule has 1 aliphatic carbocycles. The molecule has 0 saturated heterocycles. The van der Waals surface area contributed by atoms with Crippen molar-refractivity contribution >= 4 is 5.91 Å². The highest BCUT2D eigenvalue weighted by Gasteiger charge is 2.26. The fourth-order valence-corrected chi connectivity index (χ4v) is 3.62. The van der Waals surface area contributed by atoms with Gasteiger partial charge in [0.15, 0.2) is 0 Å². The standard InChI is InChI=1S/C18H21N5O3/c24-16-10-12-11-26-9-6-15(12)22-23(16)14-4-2-13(3-5-14)21-18(25)17-19-7-1-8-20-17/h1,7-8,10,13-14H,2-6,9,11H2,(H,21,25). The molecule has 0 atom stereocenters. The summed E-state index contributed by atoms with van der Waals surface area (Å²) in [5, 5.41) is 7.57. The van der Waals surface area contributed by atoms with Crippen LogP contribution in [-0.4, -0.2) is 38.3 Å². The van der Waals surface area contributed by atoms with Crippen LogP contribution in [0.4, 0.5) is 0 Å². The van der Waals surface area contributed by atoms with E-state index in [-0.39, 0.29) is 29.4 Å². The van der Waals surface area contributed by atoms with Gasteiger partial charge in [0.1, 0.15) is 0 Å². The summed E-state index contributed by atoms with van der Waals surface area (Å²) in [5.41, 5.74) is 1.80. The molecule has 0 bridgehead atoms. The lowest BCUT2D eigenvalue weighted by atomic mass is 9.91. The minimum atomic E-state index is -0.252.